The van der Waals surface area contributed by atoms with Gasteiger partial charge < -0.3 is 10.4 Å². The Kier molecular flexibility index (Phi) is 3.23. The number of aromatic nitrogens is 1. The number of amides is 1. The molecular weight excluding hydrogens is 216 g/mol. The lowest BCUT2D eigenvalue weighted by Gasteiger charge is -2.05. The summed E-state index contributed by atoms with van der Waals surface area (Å²) in [6.07, 6.45) is 2.92. The highest BCUT2D eigenvalue weighted by Gasteiger charge is 2.03. The fraction of sp³-hybridized carbons (Fsp3) is 0.231. The van der Waals surface area contributed by atoms with Crippen LogP contribution in [-0.2, 0) is 4.79 Å². The van der Waals surface area contributed by atoms with Crippen LogP contribution in [0.4, 0.5) is 5.69 Å². The van der Waals surface area contributed by atoms with Gasteiger partial charge in [-0.05, 0) is 24.6 Å². The number of anilines is 1. The van der Waals surface area contributed by atoms with Crippen LogP contribution in [0.1, 0.15) is 19.8 Å². The van der Waals surface area contributed by atoms with E-state index in [1.165, 1.54) is 0 Å². The molecule has 0 radical (unpaired) electrons. The van der Waals surface area contributed by atoms with Crippen LogP contribution in [0.5, 0.6) is 5.75 Å². The molecule has 17 heavy (non-hydrogen) atoms. The van der Waals surface area contributed by atoms with Gasteiger partial charge in [-0.25, -0.2) is 0 Å². The third-order valence-corrected chi connectivity index (χ3v) is 2.43. The van der Waals surface area contributed by atoms with Crippen molar-refractivity contribution in [1.82, 2.24) is 4.98 Å². The van der Waals surface area contributed by atoms with E-state index in [2.05, 4.69) is 10.3 Å². The van der Waals surface area contributed by atoms with Crippen molar-refractivity contribution in [2.24, 2.45) is 0 Å². The molecule has 0 aliphatic rings. The Labute approximate surface area is 99.3 Å². The lowest BCUT2D eigenvalue weighted by atomic mass is 10.2. The molecule has 2 N–H and O–H groups in total. The van der Waals surface area contributed by atoms with Gasteiger partial charge in [0, 0.05) is 17.9 Å². The molecule has 1 aromatic carbocycles. The number of hydrogen-bond donors (Lipinski definition) is 2. The van der Waals surface area contributed by atoms with E-state index in [0.29, 0.717) is 17.6 Å². The summed E-state index contributed by atoms with van der Waals surface area (Å²) in [6, 6.07) is 6.80. The second kappa shape index (κ2) is 4.82. The van der Waals surface area contributed by atoms with Gasteiger partial charge in [-0.2, -0.15) is 0 Å². The van der Waals surface area contributed by atoms with Crippen LogP contribution >= 0.6 is 0 Å². The molecule has 4 nitrogen and oxygen atoms in total. The topological polar surface area (TPSA) is 62.2 Å². The monoisotopic (exact) mass is 230 g/mol. The van der Waals surface area contributed by atoms with E-state index in [9.17, 15) is 9.90 Å². The van der Waals surface area contributed by atoms with E-state index in [0.717, 1.165) is 11.8 Å². The first kappa shape index (κ1) is 11.4. The summed E-state index contributed by atoms with van der Waals surface area (Å²) in [5.74, 6) is 0.181. The van der Waals surface area contributed by atoms with E-state index >= 15 is 0 Å². The van der Waals surface area contributed by atoms with Crippen LogP contribution in [0.25, 0.3) is 10.9 Å². The number of fused-ring (bicyclic) bond motifs is 1. The molecule has 0 aliphatic carbocycles. The molecular formula is C13H14N2O2. The average Bonchev–Trinajstić information content (AvgIpc) is 2.29. The van der Waals surface area contributed by atoms with E-state index in [1.807, 2.05) is 13.0 Å². The molecule has 2 rings (SSSR count). The van der Waals surface area contributed by atoms with Gasteiger partial charge in [0.15, 0.2) is 0 Å². The van der Waals surface area contributed by atoms with Crippen molar-refractivity contribution >= 4 is 22.5 Å². The largest absolute Gasteiger partial charge is 0.508 e. The van der Waals surface area contributed by atoms with Crippen LogP contribution < -0.4 is 5.32 Å². The van der Waals surface area contributed by atoms with E-state index in [4.69, 9.17) is 0 Å². The lowest BCUT2D eigenvalue weighted by Crippen LogP contribution is -2.10. The predicted octanol–water partition coefficient (Wildman–Crippen LogP) is 2.68. The first-order chi connectivity index (χ1) is 8.19. The van der Waals surface area contributed by atoms with Gasteiger partial charge in [-0.3, -0.25) is 9.78 Å². The summed E-state index contributed by atoms with van der Waals surface area (Å²) >= 11 is 0. The van der Waals surface area contributed by atoms with Gasteiger partial charge >= 0.3 is 0 Å². The van der Waals surface area contributed by atoms with Gasteiger partial charge in [0.05, 0.1) is 17.4 Å². The SMILES string of the molecule is CCCC(=O)Nc1cnc2cc(O)ccc2c1. The van der Waals surface area contributed by atoms with Gasteiger partial charge in [-0.15, -0.1) is 0 Å². The zero-order valence-corrected chi connectivity index (χ0v) is 9.60. The molecule has 0 fully saturated rings. The van der Waals surface area contributed by atoms with Gasteiger partial charge in [0.1, 0.15) is 5.75 Å². The van der Waals surface area contributed by atoms with E-state index in [-0.39, 0.29) is 11.7 Å². The molecule has 1 heterocycles. The van der Waals surface area contributed by atoms with Crippen molar-refractivity contribution in [3.8, 4) is 5.75 Å². The Balaban J connectivity index is 2.26. The summed E-state index contributed by atoms with van der Waals surface area (Å²) in [7, 11) is 0. The molecule has 1 aromatic heterocycles. The van der Waals surface area contributed by atoms with Gasteiger partial charge in [0.25, 0.3) is 0 Å². The molecule has 1 amide bonds. The van der Waals surface area contributed by atoms with Crippen molar-refractivity contribution in [2.45, 2.75) is 19.8 Å². The number of nitrogens with zero attached hydrogens (tertiary/aromatic N) is 1. The summed E-state index contributed by atoms with van der Waals surface area (Å²) in [4.78, 5) is 15.6. The number of benzene rings is 1. The van der Waals surface area contributed by atoms with Crippen molar-refractivity contribution in [3.05, 3.63) is 30.5 Å². The number of pyridine rings is 1. The third-order valence-electron chi connectivity index (χ3n) is 2.43. The van der Waals surface area contributed by atoms with Crippen LogP contribution in [-0.4, -0.2) is 16.0 Å². The normalized spacial score (nSPS) is 10.4. The Bertz CT molecular complexity index is 552. The number of carbonyl (C=O) groups excluding carboxylic acids is 1. The highest BCUT2D eigenvalue weighted by atomic mass is 16.3. The molecule has 4 heteroatoms. The molecule has 0 spiro atoms. The number of carbonyl (C=O) groups is 1. The molecule has 0 unspecified atom stereocenters. The van der Waals surface area contributed by atoms with Crippen molar-refractivity contribution in [1.29, 1.82) is 0 Å². The number of hydrogen-bond acceptors (Lipinski definition) is 3. The van der Waals surface area contributed by atoms with Gasteiger partial charge in [0.2, 0.25) is 5.91 Å². The molecule has 2 aromatic rings. The quantitative estimate of drug-likeness (QED) is 0.852. The lowest BCUT2D eigenvalue weighted by molar-refractivity contribution is -0.116. The van der Waals surface area contributed by atoms with Crippen molar-refractivity contribution < 1.29 is 9.90 Å². The van der Waals surface area contributed by atoms with Crippen LogP contribution in [0.3, 0.4) is 0 Å². The average molecular weight is 230 g/mol. The summed E-state index contributed by atoms with van der Waals surface area (Å²) in [5.41, 5.74) is 1.39. The summed E-state index contributed by atoms with van der Waals surface area (Å²) < 4.78 is 0. The summed E-state index contributed by atoms with van der Waals surface area (Å²) in [6.45, 7) is 1.96. The second-order valence-electron chi connectivity index (χ2n) is 3.90. The minimum atomic E-state index is -0.00701. The Morgan fingerprint density at radius 2 is 2.24 bits per heavy atom. The molecule has 88 valence electrons. The maximum Gasteiger partial charge on any atom is 0.224 e. The molecule has 0 bridgehead atoms. The minimum Gasteiger partial charge on any atom is -0.508 e. The highest BCUT2D eigenvalue weighted by Crippen LogP contribution is 2.20. The van der Waals surface area contributed by atoms with E-state index < -0.39 is 0 Å². The number of rotatable bonds is 3. The number of phenols is 1. The van der Waals surface area contributed by atoms with Crippen LogP contribution in [0, 0.1) is 0 Å². The highest BCUT2D eigenvalue weighted by molar-refractivity contribution is 5.93. The van der Waals surface area contributed by atoms with Crippen LogP contribution in [0.15, 0.2) is 30.5 Å². The predicted molar refractivity (Wildman–Crippen MR) is 66.9 cm³/mol. The number of aromatic hydroxyl groups is 1. The first-order valence-electron chi connectivity index (χ1n) is 5.57. The number of phenolic OH excluding ortho intramolecular Hbond substituents is 1. The fourth-order valence-electron chi connectivity index (χ4n) is 1.63. The van der Waals surface area contributed by atoms with Crippen molar-refractivity contribution in [2.75, 3.05) is 5.32 Å². The standard InChI is InChI=1S/C13H14N2O2/c1-2-3-13(17)15-10-6-9-4-5-11(16)7-12(9)14-8-10/h4-8,16H,2-3H2,1H3,(H,15,17). The van der Waals surface area contributed by atoms with Crippen LogP contribution in [0.2, 0.25) is 0 Å². The Morgan fingerprint density at radius 1 is 1.41 bits per heavy atom. The molecule has 0 aliphatic heterocycles. The van der Waals surface area contributed by atoms with Crippen molar-refractivity contribution in [3.63, 3.8) is 0 Å². The zero-order valence-electron chi connectivity index (χ0n) is 9.60. The second-order valence-corrected chi connectivity index (χ2v) is 3.90. The molecule has 0 saturated heterocycles. The summed E-state index contributed by atoms with van der Waals surface area (Å²) in [5, 5.41) is 13.0. The Morgan fingerprint density at radius 3 is 3.00 bits per heavy atom. The number of nitrogens with one attached hydrogen (secondary N) is 1. The smallest absolute Gasteiger partial charge is 0.224 e. The van der Waals surface area contributed by atoms with E-state index in [1.54, 1.807) is 24.4 Å². The molecule has 0 saturated carbocycles. The third kappa shape index (κ3) is 2.72. The minimum absolute atomic E-state index is 0.00701. The maximum absolute atomic E-state index is 11.4. The Hall–Kier alpha value is -2.10. The fourth-order valence-corrected chi connectivity index (χ4v) is 1.63. The molecule has 0 atom stereocenters. The first-order valence-corrected chi connectivity index (χ1v) is 5.57. The zero-order chi connectivity index (χ0) is 12.3. The maximum atomic E-state index is 11.4. The van der Waals surface area contributed by atoms with Gasteiger partial charge in [-0.1, -0.05) is 6.92 Å².